The highest BCUT2D eigenvalue weighted by Crippen LogP contribution is 2.55. The minimum absolute atomic E-state index is 0.115. The van der Waals surface area contributed by atoms with Gasteiger partial charge in [-0.1, -0.05) is 157 Å². The SMILES string of the molecule is COc1ccc(S(=O)(=O)N2Cc3ccc(N)cc3-c3sc(Br)cc32)cc1.COc1ccc(S(=O)(=O)N2Cc3ccccc3-c3sc(C=O)cc32)cc1.COc1ccc(S(=O)(=O)N2Cc3ccccc3-c3sc(CO)cc32)cc1.Cc1ccc(S(=O)(=O)N2Cc3ccccc3-c3sc(Br)cc32)cc1.O=S(=O)(c1cccs1)N1Cc2ccccc2-c2sc(Br)cc21.O=S(=O)(c1cccs1)N1Cc2ccccc2-c2sccc21. The minimum Gasteiger partial charge on any atom is -0.497 e. The average molecular weight is 2390 g/mol. The van der Waals surface area contributed by atoms with E-state index in [-0.39, 0.29) is 40.9 Å². The number of benzene rings is 10. The van der Waals surface area contributed by atoms with E-state index in [1.54, 1.807) is 174 Å². The summed E-state index contributed by atoms with van der Waals surface area (Å²) in [4.78, 5) is 19.0. The molecule has 740 valence electrons. The van der Waals surface area contributed by atoms with Crippen LogP contribution in [0.1, 0.15) is 53.5 Å². The van der Waals surface area contributed by atoms with Gasteiger partial charge in [0.2, 0.25) is 0 Å². The molecule has 6 aliphatic rings. The van der Waals surface area contributed by atoms with Gasteiger partial charge in [-0.05, 0) is 278 Å². The van der Waals surface area contributed by atoms with Gasteiger partial charge >= 0.3 is 0 Å². The van der Waals surface area contributed by atoms with E-state index in [1.807, 2.05) is 176 Å². The van der Waals surface area contributed by atoms with E-state index in [4.69, 9.17) is 19.9 Å². The van der Waals surface area contributed by atoms with Crippen LogP contribution >= 0.6 is 138 Å². The molecule has 14 heterocycles. The molecule has 0 bridgehead atoms. The first-order chi connectivity index (χ1) is 69.7. The molecule has 0 spiro atoms. The van der Waals surface area contributed by atoms with Gasteiger partial charge in [-0.15, -0.1) is 90.7 Å². The Morgan fingerprint density at radius 3 is 0.959 bits per heavy atom. The lowest BCUT2D eigenvalue weighted by atomic mass is 10.0. The van der Waals surface area contributed by atoms with Crippen LogP contribution in [0, 0.1) is 6.92 Å². The van der Waals surface area contributed by atoms with Gasteiger partial charge in [0.1, 0.15) is 25.7 Å². The zero-order chi connectivity index (χ0) is 102. The first-order valence-corrected chi connectivity index (χ1v) is 61.7. The molecule has 0 amide bonds. The largest absolute Gasteiger partial charge is 0.497 e. The zero-order valence-corrected chi connectivity index (χ0v) is 92.8. The minimum atomic E-state index is -3.77. The summed E-state index contributed by atoms with van der Waals surface area (Å²) >= 11 is 21.9. The Labute approximate surface area is 896 Å². The fourth-order valence-electron chi connectivity index (χ4n) is 17.2. The molecule has 0 aliphatic carbocycles. The van der Waals surface area contributed by atoms with Crippen molar-refractivity contribution in [2.75, 3.05) is 52.9 Å². The molecule has 0 radical (unpaired) electrons. The number of halogens is 3. The maximum atomic E-state index is 13.3. The van der Waals surface area contributed by atoms with Crippen LogP contribution in [0.5, 0.6) is 17.2 Å². The van der Waals surface area contributed by atoms with Crippen LogP contribution in [0.3, 0.4) is 0 Å². The van der Waals surface area contributed by atoms with Crippen LogP contribution in [0.25, 0.3) is 62.6 Å². The molecule has 0 atom stereocenters. The molecule has 24 nitrogen and oxygen atoms in total. The van der Waals surface area contributed by atoms with Crippen LogP contribution in [0.4, 0.5) is 39.8 Å². The number of fused-ring (bicyclic) bond motifs is 18. The number of sulfonamides is 6. The predicted octanol–water partition coefficient (Wildman–Crippen LogP) is 26.4. The molecule has 24 rings (SSSR count). The standard InChI is InChI=1S/C19H17NO4S2.C19H15NO4S2.C18H15BrN2O3S2.C18H14BrNO2S2.C15H10BrNO2S3.C15H11NO2S3/c2*1-24-14-6-8-16(9-7-14)26(22,23)20-11-13-4-2-3-5-17(13)19-18(20)10-15(12-21)25-19;1-24-13-4-6-14(7-5-13)26(22,23)21-10-11-2-3-12(20)8-15(11)18-16(21)9-17(19)25-18;1-12-6-8-14(9-7-12)24(21,22)20-11-13-4-2-3-5-15(13)18-16(20)10-17(19)23-18;16-13-8-12-15(21-13)11-5-2-1-4-10(11)9-17(12)22(18,19)14-6-3-7-20-14;17-21(18,14-6-3-8-19-14)16-10-11-4-1-2-5-12(11)15-13(16)7-9-20-15/h2-10,21H,11-12H2,1H3;2-10,12H,11H2,1H3;2-9H,10,20H2,1H3;2-10H,11H2,1H3;1-8H,9H2;1-9H,10H2. The average Bonchev–Trinajstić information content (AvgIpc) is 1.72. The summed E-state index contributed by atoms with van der Waals surface area (Å²) in [6, 6.07) is 88.8. The normalized spacial score (nSPS) is 13.4. The van der Waals surface area contributed by atoms with Crippen molar-refractivity contribution < 1.29 is 74.6 Å². The molecule has 10 aromatic carbocycles. The number of nitrogens with zero attached hydrogens (tertiary/aromatic N) is 6. The molecular formula is C104H82Br3N7O17S14. The number of nitrogens with two attached hydrogens (primary N) is 1. The van der Waals surface area contributed by atoms with Gasteiger partial charge in [0.05, 0.1) is 166 Å². The summed E-state index contributed by atoms with van der Waals surface area (Å²) in [5, 5.41) is 15.1. The monoisotopic (exact) mass is 2380 g/mol. The number of ether oxygens (including phenoxy) is 3. The van der Waals surface area contributed by atoms with Crippen LogP contribution < -0.4 is 45.8 Å². The Morgan fingerprint density at radius 2 is 0.614 bits per heavy atom. The van der Waals surface area contributed by atoms with E-state index in [2.05, 4.69) is 53.9 Å². The lowest BCUT2D eigenvalue weighted by Crippen LogP contribution is -2.32. The van der Waals surface area contributed by atoms with Crippen LogP contribution in [-0.4, -0.2) is 83.2 Å². The van der Waals surface area contributed by atoms with Gasteiger partial charge in [-0.2, -0.15) is 0 Å². The second kappa shape index (κ2) is 42.1. The van der Waals surface area contributed by atoms with Crippen molar-refractivity contribution >= 4 is 245 Å². The quantitative estimate of drug-likeness (QED) is 0.0632. The number of carbonyl (C=O) groups is 1. The molecule has 8 aromatic heterocycles. The molecule has 145 heavy (non-hydrogen) atoms. The van der Waals surface area contributed by atoms with Crippen molar-refractivity contribution in [2.45, 2.75) is 80.8 Å². The number of aryl methyl sites for hydroxylation is 1. The summed E-state index contributed by atoms with van der Waals surface area (Å²) in [5.74, 6) is 1.81. The van der Waals surface area contributed by atoms with E-state index in [1.165, 1.54) is 102 Å². The Kier molecular flexibility index (Phi) is 29.6. The molecule has 6 aliphatic heterocycles. The predicted molar refractivity (Wildman–Crippen MR) is 596 cm³/mol. The van der Waals surface area contributed by atoms with E-state index < -0.39 is 60.1 Å². The number of rotatable bonds is 17. The fraction of sp³-hybridized carbons (Fsp3) is 0.106. The smallest absolute Gasteiger partial charge is 0.274 e. The van der Waals surface area contributed by atoms with E-state index in [0.717, 1.165) is 141 Å². The Balaban J connectivity index is 0.000000110. The van der Waals surface area contributed by atoms with E-state index >= 15 is 0 Å². The van der Waals surface area contributed by atoms with E-state index in [9.17, 15) is 60.4 Å². The number of thiophene rings is 8. The zero-order valence-electron chi connectivity index (χ0n) is 76.6. The number of aldehydes is 1. The molecule has 3 N–H and O–H groups in total. The third kappa shape index (κ3) is 20.2. The van der Waals surface area contributed by atoms with Gasteiger partial charge in [-0.25, -0.2) is 50.5 Å². The van der Waals surface area contributed by atoms with Crippen LogP contribution in [0.2, 0.25) is 0 Å². The van der Waals surface area contributed by atoms with Crippen molar-refractivity contribution in [3.8, 4) is 79.9 Å². The highest BCUT2D eigenvalue weighted by Gasteiger charge is 2.41. The number of methoxy groups -OCH3 is 3. The molecule has 0 saturated carbocycles. The fourth-order valence-corrected chi connectivity index (χ4v) is 36.4. The van der Waals surface area contributed by atoms with Crippen molar-refractivity contribution in [3.05, 3.63) is 373 Å². The Bertz CT molecular complexity index is 8700. The number of hydrogen-bond donors (Lipinski definition) is 2. The third-order valence-electron chi connectivity index (χ3n) is 24.3. The number of carbonyl (C=O) groups excluding carboxylic acids is 1. The molecule has 18 aromatic rings. The summed E-state index contributed by atoms with van der Waals surface area (Å²) < 4.78 is 185. The first kappa shape index (κ1) is 102. The second-order valence-electron chi connectivity index (χ2n) is 33.0. The number of nitrogen functional groups attached to an aromatic ring is 1. The molecule has 0 unspecified atom stereocenters. The lowest BCUT2D eigenvalue weighted by Gasteiger charge is -2.30. The highest BCUT2D eigenvalue weighted by molar-refractivity contribution is 9.11. The number of hydrogen-bond acceptors (Lipinski definition) is 26. The van der Waals surface area contributed by atoms with Crippen molar-refractivity contribution in [1.29, 1.82) is 0 Å². The van der Waals surface area contributed by atoms with Gasteiger partial charge in [0.25, 0.3) is 60.1 Å². The summed E-state index contributed by atoms with van der Waals surface area (Å²) in [7, 11) is -17.2. The lowest BCUT2D eigenvalue weighted by molar-refractivity contribution is 0.112. The Hall–Kier alpha value is -11.4. The maximum absolute atomic E-state index is 13.3. The van der Waals surface area contributed by atoms with Crippen LogP contribution in [0.15, 0.2) is 353 Å². The van der Waals surface area contributed by atoms with Gasteiger partial charge in [-0.3, -0.25) is 30.6 Å². The van der Waals surface area contributed by atoms with Crippen molar-refractivity contribution in [2.24, 2.45) is 0 Å². The van der Waals surface area contributed by atoms with Gasteiger partial charge in [0.15, 0.2) is 6.29 Å². The van der Waals surface area contributed by atoms with Gasteiger partial charge < -0.3 is 25.1 Å². The number of aliphatic hydroxyl groups is 1. The summed E-state index contributed by atoms with van der Waals surface area (Å²) in [6.07, 6.45) is 0.754. The van der Waals surface area contributed by atoms with Gasteiger partial charge in [0, 0.05) is 16.1 Å². The molecule has 0 saturated heterocycles. The van der Waals surface area contributed by atoms with Crippen molar-refractivity contribution in [3.63, 3.8) is 0 Å². The Morgan fingerprint density at radius 1 is 0.310 bits per heavy atom. The van der Waals surface area contributed by atoms with Crippen molar-refractivity contribution in [1.82, 2.24) is 0 Å². The second-order valence-corrected chi connectivity index (χ2v) is 56.9. The first-order valence-electron chi connectivity index (χ1n) is 44.0. The summed E-state index contributed by atoms with van der Waals surface area (Å²) in [6.45, 7) is 3.69. The summed E-state index contributed by atoms with van der Waals surface area (Å²) in [5.41, 5.74) is 24.0. The number of anilines is 7. The van der Waals surface area contributed by atoms with Crippen LogP contribution in [-0.2, 0) is 106 Å². The third-order valence-corrected chi connectivity index (χ3v) is 45.8. The molecular weight excluding hydrogens is 2310 g/mol. The molecule has 41 heteroatoms. The van der Waals surface area contributed by atoms with E-state index in [0.29, 0.717) is 77.8 Å². The number of aliphatic hydroxyl groups excluding tert-OH is 1. The molecule has 0 fully saturated rings. The highest BCUT2D eigenvalue weighted by atomic mass is 79.9. The topological polar surface area (TPSA) is 315 Å². The maximum Gasteiger partial charge on any atom is 0.274 e.